The van der Waals surface area contributed by atoms with Crippen LogP contribution >= 0.6 is 0 Å². The van der Waals surface area contributed by atoms with Crippen molar-refractivity contribution in [1.82, 2.24) is 0 Å². The maximum atomic E-state index is 12.1. The number of fused-ring (bicyclic) bond motifs is 1. The minimum Gasteiger partial charge on any atom is -0.434 e. The summed E-state index contributed by atoms with van der Waals surface area (Å²) in [5.41, 5.74) is 1.85. The molecule has 1 unspecified atom stereocenters. The molecular weight excluding hydrogens is 312 g/mol. The molecule has 128 valence electrons. The van der Waals surface area contributed by atoms with E-state index in [0.29, 0.717) is 6.61 Å². The molecule has 0 aromatic heterocycles. The Morgan fingerprint density at radius 3 is 2.36 bits per heavy atom. The van der Waals surface area contributed by atoms with Gasteiger partial charge in [0.1, 0.15) is 0 Å². The number of unbranched alkanes of at least 4 members (excludes halogenated alkanes) is 1. The lowest BCUT2D eigenvalue weighted by Crippen LogP contribution is -2.14. The standard InChI is InChI=1S/C22H22O3/c1-2-3-15-24-22(23)25-21(18-10-5-4-6-11-18)20-14-13-17-9-7-8-12-19(17)16-20/h4-14,16,21H,2-3,15H2,1H3. The Balaban J connectivity index is 1.88. The Morgan fingerprint density at radius 2 is 1.60 bits per heavy atom. The molecule has 0 aliphatic carbocycles. The van der Waals surface area contributed by atoms with E-state index in [-0.39, 0.29) is 0 Å². The highest BCUT2D eigenvalue weighted by molar-refractivity contribution is 5.83. The van der Waals surface area contributed by atoms with Crippen molar-refractivity contribution in [3.63, 3.8) is 0 Å². The number of benzene rings is 3. The molecule has 0 fully saturated rings. The van der Waals surface area contributed by atoms with Gasteiger partial charge in [0.25, 0.3) is 0 Å². The molecule has 0 bridgehead atoms. The molecule has 0 heterocycles. The van der Waals surface area contributed by atoms with Crippen molar-refractivity contribution in [2.75, 3.05) is 6.61 Å². The van der Waals surface area contributed by atoms with Crippen LogP contribution in [0.25, 0.3) is 10.8 Å². The van der Waals surface area contributed by atoms with E-state index in [9.17, 15) is 4.79 Å². The van der Waals surface area contributed by atoms with E-state index in [1.54, 1.807) is 0 Å². The van der Waals surface area contributed by atoms with Crippen LogP contribution in [0.3, 0.4) is 0 Å². The first-order valence-corrected chi connectivity index (χ1v) is 8.65. The normalized spacial score (nSPS) is 11.9. The van der Waals surface area contributed by atoms with Crippen LogP contribution in [0.4, 0.5) is 4.79 Å². The molecule has 0 aliphatic heterocycles. The molecule has 0 radical (unpaired) electrons. The SMILES string of the molecule is CCCCOC(=O)OC(c1ccccc1)c1ccc2ccccc2c1. The maximum Gasteiger partial charge on any atom is 0.509 e. The van der Waals surface area contributed by atoms with Gasteiger partial charge in [-0.25, -0.2) is 4.79 Å². The molecule has 0 N–H and O–H groups in total. The fourth-order valence-electron chi connectivity index (χ4n) is 2.76. The third-order valence-electron chi connectivity index (χ3n) is 4.11. The van der Waals surface area contributed by atoms with Crippen molar-refractivity contribution in [2.24, 2.45) is 0 Å². The lowest BCUT2D eigenvalue weighted by molar-refractivity contribution is 0.0340. The summed E-state index contributed by atoms with van der Waals surface area (Å²) in [6.07, 6.45) is 0.691. The first-order chi connectivity index (χ1) is 12.3. The molecule has 3 heteroatoms. The predicted molar refractivity (Wildman–Crippen MR) is 99.6 cm³/mol. The van der Waals surface area contributed by atoms with Crippen LogP contribution in [0, 0.1) is 0 Å². The van der Waals surface area contributed by atoms with Gasteiger partial charge >= 0.3 is 6.16 Å². The van der Waals surface area contributed by atoms with Crippen molar-refractivity contribution in [2.45, 2.75) is 25.9 Å². The zero-order chi connectivity index (χ0) is 17.5. The van der Waals surface area contributed by atoms with Crippen LogP contribution in [0.2, 0.25) is 0 Å². The van der Waals surface area contributed by atoms with Gasteiger partial charge in [0.05, 0.1) is 6.61 Å². The molecule has 0 amide bonds. The molecule has 3 aromatic carbocycles. The number of carbonyl (C=O) groups is 1. The van der Waals surface area contributed by atoms with Crippen LogP contribution in [-0.4, -0.2) is 12.8 Å². The van der Waals surface area contributed by atoms with Gasteiger partial charge in [-0.15, -0.1) is 0 Å². The Morgan fingerprint density at radius 1 is 0.880 bits per heavy atom. The van der Waals surface area contributed by atoms with E-state index in [0.717, 1.165) is 34.7 Å². The second kappa shape index (κ2) is 8.34. The summed E-state index contributed by atoms with van der Waals surface area (Å²) in [5, 5.41) is 2.27. The van der Waals surface area contributed by atoms with Gasteiger partial charge in [-0.1, -0.05) is 80.1 Å². The van der Waals surface area contributed by atoms with E-state index < -0.39 is 12.3 Å². The van der Waals surface area contributed by atoms with E-state index in [4.69, 9.17) is 9.47 Å². The Kier molecular flexibility index (Phi) is 5.68. The Hall–Kier alpha value is -2.81. The number of rotatable bonds is 6. The van der Waals surface area contributed by atoms with Gasteiger partial charge in [0, 0.05) is 0 Å². The predicted octanol–water partition coefficient (Wildman–Crippen LogP) is 5.88. The molecule has 0 saturated carbocycles. The average Bonchev–Trinajstić information content (AvgIpc) is 2.66. The lowest BCUT2D eigenvalue weighted by atomic mass is 9.98. The van der Waals surface area contributed by atoms with Gasteiger partial charge < -0.3 is 9.47 Å². The molecule has 1 atom stereocenters. The van der Waals surface area contributed by atoms with Crippen molar-refractivity contribution in [1.29, 1.82) is 0 Å². The van der Waals surface area contributed by atoms with Gasteiger partial charge in [0.15, 0.2) is 6.10 Å². The van der Waals surface area contributed by atoms with E-state index in [1.807, 2.05) is 54.6 Å². The number of hydrogen-bond acceptors (Lipinski definition) is 3. The molecule has 3 rings (SSSR count). The van der Waals surface area contributed by atoms with Crippen molar-refractivity contribution in [3.8, 4) is 0 Å². The van der Waals surface area contributed by atoms with Crippen LogP contribution in [0.5, 0.6) is 0 Å². The van der Waals surface area contributed by atoms with Crippen molar-refractivity contribution < 1.29 is 14.3 Å². The zero-order valence-corrected chi connectivity index (χ0v) is 14.4. The second-order valence-electron chi connectivity index (χ2n) is 5.97. The minimum absolute atomic E-state index is 0.383. The Labute approximate surface area is 148 Å². The first kappa shape index (κ1) is 17.0. The van der Waals surface area contributed by atoms with Crippen LogP contribution in [0.1, 0.15) is 37.0 Å². The zero-order valence-electron chi connectivity index (χ0n) is 14.4. The highest BCUT2D eigenvalue weighted by Gasteiger charge is 2.20. The van der Waals surface area contributed by atoms with Gasteiger partial charge in [-0.2, -0.15) is 0 Å². The molecule has 0 spiro atoms. The fourth-order valence-corrected chi connectivity index (χ4v) is 2.76. The molecule has 0 saturated heterocycles. The third-order valence-corrected chi connectivity index (χ3v) is 4.11. The summed E-state index contributed by atoms with van der Waals surface area (Å²) in [4.78, 5) is 12.1. The Bertz CT molecular complexity index is 827. The fraction of sp³-hybridized carbons (Fsp3) is 0.227. The lowest BCUT2D eigenvalue weighted by Gasteiger charge is -2.19. The highest BCUT2D eigenvalue weighted by Crippen LogP contribution is 2.29. The maximum absolute atomic E-state index is 12.1. The number of hydrogen-bond donors (Lipinski definition) is 0. The minimum atomic E-state index is -0.629. The van der Waals surface area contributed by atoms with Crippen molar-refractivity contribution >= 4 is 16.9 Å². The van der Waals surface area contributed by atoms with Crippen LogP contribution in [0.15, 0.2) is 72.8 Å². The number of ether oxygens (including phenoxy) is 2. The first-order valence-electron chi connectivity index (χ1n) is 8.65. The summed E-state index contributed by atoms with van der Waals surface area (Å²) in [5.74, 6) is 0. The summed E-state index contributed by atoms with van der Waals surface area (Å²) in [6, 6.07) is 24.0. The molecule has 25 heavy (non-hydrogen) atoms. The summed E-state index contributed by atoms with van der Waals surface area (Å²) < 4.78 is 10.8. The third kappa shape index (κ3) is 4.38. The van der Waals surface area contributed by atoms with E-state index in [2.05, 4.69) is 25.1 Å². The number of carbonyl (C=O) groups excluding carboxylic acids is 1. The molecule has 3 nitrogen and oxygen atoms in total. The van der Waals surface area contributed by atoms with E-state index >= 15 is 0 Å². The van der Waals surface area contributed by atoms with Crippen LogP contribution < -0.4 is 0 Å². The smallest absolute Gasteiger partial charge is 0.434 e. The second-order valence-corrected chi connectivity index (χ2v) is 5.97. The average molecular weight is 334 g/mol. The monoisotopic (exact) mass is 334 g/mol. The summed E-state index contributed by atoms with van der Waals surface area (Å²) >= 11 is 0. The van der Waals surface area contributed by atoms with Gasteiger partial charge in [0.2, 0.25) is 0 Å². The molecule has 0 aliphatic rings. The van der Waals surface area contributed by atoms with Crippen molar-refractivity contribution in [3.05, 3.63) is 83.9 Å². The van der Waals surface area contributed by atoms with Gasteiger partial charge in [-0.05, 0) is 34.4 Å². The topological polar surface area (TPSA) is 35.5 Å². The van der Waals surface area contributed by atoms with E-state index in [1.165, 1.54) is 0 Å². The van der Waals surface area contributed by atoms with Crippen LogP contribution in [-0.2, 0) is 9.47 Å². The largest absolute Gasteiger partial charge is 0.509 e. The summed E-state index contributed by atoms with van der Waals surface area (Å²) in [7, 11) is 0. The highest BCUT2D eigenvalue weighted by atomic mass is 16.7. The quantitative estimate of drug-likeness (QED) is 0.417. The molecular formula is C22H22O3. The molecule has 3 aromatic rings. The summed E-state index contributed by atoms with van der Waals surface area (Å²) in [6.45, 7) is 2.44. The van der Waals surface area contributed by atoms with Gasteiger partial charge in [-0.3, -0.25) is 0 Å².